The molecule has 2 rings (SSSR count). The van der Waals surface area contributed by atoms with Crippen LogP contribution < -0.4 is 16.6 Å². The molecule has 0 saturated heterocycles. The Morgan fingerprint density at radius 1 is 1.39 bits per heavy atom. The summed E-state index contributed by atoms with van der Waals surface area (Å²) in [6, 6.07) is 0. The van der Waals surface area contributed by atoms with Crippen molar-refractivity contribution in [3.8, 4) is 0 Å². The van der Waals surface area contributed by atoms with E-state index in [-0.39, 0.29) is 23.8 Å². The number of nitrogens with one attached hydrogen (secondary N) is 1. The largest absolute Gasteiger partial charge is 0.368 e. The molecule has 0 saturated carbocycles. The maximum atomic E-state index is 12.6. The molecule has 124 valence electrons. The lowest BCUT2D eigenvalue weighted by Crippen LogP contribution is -2.34. The Hall–Kier alpha value is -1.87. The van der Waals surface area contributed by atoms with Gasteiger partial charge >= 0.3 is 0 Å². The molecule has 0 aliphatic heterocycles. The van der Waals surface area contributed by atoms with E-state index in [1.165, 1.54) is 23.1 Å². The van der Waals surface area contributed by atoms with Gasteiger partial charge in [0.2, 0.25) is 11.8 Å². The molecule has 23 heavy (non-hydrogen) atoms. The highest BCUT2D eigenvalue weighted by molar-refractivity contribution is 7.99. The highest BCUT2D eigenvalue weighted by Gasteiger charge is 2.16. The average molecular weight is 354 g/mol. The van der Waals surface area contributed by atoms with Crippen molar-refractivity contribution in [3.05, 3.63) is 20.8 Å². The van der Waals surface area contributed by atoms with Gasteiger partial charge < -0.3 is 11.1 Å². The first kappa shape index (κ1) is 17.5. The average Bonchev–Trinajstić information content (AvgIpc) is 2.78. The minimum Gasteiger partial charge on any atom is -0.368 e. The van der Waals surface area contributed by atoms with Crippen molar-refractivity contribution in [2.75, 3.05) is 12.3 Å². The lowest BCUT2D eigenvalue weighted by molar-refractivity contribution is -0.123. The van der Waals surface area contributed by atoms with Gasteiger partial charge in [0.05, 0.1) is 17.7 Å². The van der Waals surface area contributed by atoms with Crippen molar-refractivity contribution in [3.63, 3.8) is 0 Å². The first-order valence-electron chi connectivity index (χ1n) is 7.03. The lowest BCUT2D eigenvalue weighted by Gasteiger charge is -2.09. The maximum absolute atomic E-state index is 12.6. The van der Waals surface area contributed by atoms with Crippen molar-refractivity contribution in [1.29, 1.82) is 0 Å². The van der Waals surface area contributed by atoms with Crippen LogP contribution in [-0.4, -0.2) is 33.7 Å². The number of carbonyl (C=O) groups is 2. The molecule has 7 nitrogen and oxygen atoms in total. The molecule has 2 heterocycles. The number of rotatable bonds is 6. The minimum absolute atomic E-state index is 0.0641. The zero-order valence-corrected chi connectivity index (χ0v) is 14.8. The first-order valence-corrected chi connectivity index (χ1v) is 8.83. The van der Waals surface area contributed by atoms with Crippen LogP contribution in [0.2, 0.25) is 0 Å². The van der Waals surface area contributed by atoms with Gasteiger partial charge in [-0.1, -0.05) is 11.8 Å². The molecule has 0 atom stereocenters. The quantitative estimate of drug-likeness (QED) is 0.589. The highest BCUT2D eigenvalue weighted by Crippen LogP contribution is 2.28. The van der Waals surface area contributed by atoms with E-state index < -0.39 is 5.91 Å². The smallest absolute Gasteiger partial charge is 0.263 e. The van der Waals surface area contributed by atoms with Crippen LogP contribution in [0.25, 0.3) is 10.2 Å². The summed E-state index contributed by atoms with van der Waals surface area (Å²) in [6.07, 6.45) is 0. The Labute approximate surface area is 141 Å². The van der Waals surface area contributed by atoms with Gasteiger partial charge in [0.15, 0.2) is 5.16 Å². The summed E-state index contributed by atoms with van der Waals surface area (Å²) in [6.45, 7) is 6.01. The van der Waals surface area contributed by atoms with Crippen molar-refractivity contribution >= 4 is 45.1 Å². The molecule has 0 spiro atoms. The Bertz CT molecular complexity index is 826. The fourth-order valence-corrected chi connectivity index (χ4v) is 4.03. The van der Waals surface area contributed by atoms with Gasteiger partial charge in [0, 0.05) is 11.4 Å². The van der Waals surface area contributed by atoms with Crippen molar-refractivity contribution in [2.45, 2.75) is 32.5 Å². The summed E-state index contributed by atoms with van der Waals surface area (Å²) in [5, 5.41) is 3.56. The van der Waals surface area contributed by atoms with Crippen LogP contribution in [0.1, 0.15) is 17.4 Å². The van der Waals surface area contributed by atoms with E-state index >= 15 is 0 Å². The summed E-state index contributed by atoms with van der Waals surface area (Å²) in [5.41, 5.74) is 5.85. The number of thiophene rings is 1. The lowest BCUT2D eigenvalue weighted by atomic mass is 10.2. The van der Waals surface area contributed by atoms with Crippen LogP contribution in [0.4, 0.5) is 0 Å². The molecule has 9 heteroatoms. The normalized spacial score (nSPS) is 10.9. The number of fused-ring (bicyclic) bond motifs is 1. The Morgan fingerprint density at radius 2 is 2.09 bits per heavy atom. The summed E-state index contributed by atoms with van der Waals surface area (Å²) >= 11 is 2.65. The number of aryl methyl sites for hydroxylation is 2. The molecule has 2 amide bonds. The van der Waals surface area contributed by atoms with E-state index in [1.54, 1.807) is 4.57 Å². The van der Waals surface area contributed by atoms with Gasteiger partial charge in [-0.3, -0.25) is 19.0 Å². The predicted octanol–water partition coefficient (Wildman–Crippen LogP) is 0.788. The minimum atomic E-state index is -0.599. The van der Waals surface area contributed by atoms with Crippen LogP contribution in [0.5, 0.6) is 0 Å². The molecule has 0 fully saturated rings. The molecule has 0 aromatic carbocycles. The summed E-state index contributed by atoms with van der Waals surface area (Å²) in [7, 11) is 0. The Morgan fingerprint density at radius 3 is 2.70 bits per heavy atom. The Kier molecular flexibility index (Phi) is 5.42. The van der Waals surface area contributed by atoms with Crippen LogP contribution in [0, 0.1) is 13.8 Å². The second-order valence-corrected chi connectivity index (χ2v) is 7.08. The number of nitrogens with zero attached hydrogens (tertiary/aromatic N) is 2. The van der Waals surface area contributed by atoms with Crippen molar-refractivity contribution in [1.82, 2.24) is 14.9 Å². The maximum Gasteiger partial charge on any atom is 0.263 e. The monoisotopic (exact) mass is 354 g/mol. The van der Waals surface area contributed by atoms with E-state index in [9.17, 15) is 14.4 Å². The van der Waals surface area contributed by atoms with E-state index in [0.29, 0.717) is 21.9 Å². The predicted molar refractivity (Wildman–Crippen MR) is 92.0 cm³/mol. The standard InChI is InChI=1S/C14H18N4O3S2/c1-4-18-13(21)11-7(2)8(3)23-12(11)17-14(18)22-6-10(20)16-5-9(15)19/h4-6H2,1-3H3,(H2,15,19)(H,16,20). The summed E-state index contributed by atoms with van der Waals surface area (Å²) in [5.74, 6) is -0.864. The summed E-state index contributed by atoms with van der Waals surface area (Å²) < 4.78 is 1.56. The van der Waals surface area contributed by atoms with Crippen LogP contribution in [-0.2, 0) is 16.1 Å². The number of primary amides is 1. The highest BCUT2D eigenvalue weighted by atomic mass is 32.2. The first-order chi connectivity index (χ1) is 10.8. The van der Waals surface area contributed by atoms with Gasteiger partial charge in [0.25, 0.3) is 5.56 Å². The third-order valence-corrected chi connectivity index (χ3v) is 5.44. The van der Waals surface area contributed by atoms with E-state index in [0.717, 1.165) is 10.4 Å². The number of amides is 2. The zero-order chi connectivity index (χ0) is 17.1. The Balaban J connectivity index is 2.28. The fraction of sp³-hybridized carbons (Fsp3) is 0.429. The second kappa shape index (κ2) is 7.14. The summed E-state index contributed by atoms with van der Waals surface area (Å²) in [4.78, 5) is 41.2. The molecule has 2 aromatic heterocycles. The number of aromatic nitrogens is 2. The van der Waals surface area contributed by atoms with Gasteiger partial charge in [-0.25, -0.2) is 4.98 Å². The van der Waals surface area contributed by atoms with Crippen molar-refractivity contribution < 1.29 is 9.59 Å². The molecule has 0 radical (unpaired) electrons. The van der Waals surface area contributed by atoms with Gasteiger partial charge in [-0.15, -0.1) is 11.3 Å². The van der Waals surface area contributed by atoms with E-state index in [2.05, 4.69) is 10.3 Å². The van der Waals surface area contributed by atoms with Crippen molar-refractivity contribution in [2.24, 2.45) is 5.73 Å². The molecular weight excluding hydrogens is 336 g/mol. The molecule has 0 aliphatic carbocycles. The van der Waals surface area contributed by atoms with Crippen LogP contribution in [0.3, 0.4) is 0 Å². The number of hydrogen-bond donors (Lipinski definition) is 2. The third kappa shape index (κ3) is 3.73. The van der Waals surface area contributed by atoms with Gasteiger partial charge in [-0.2, -0.15) is 0 Å². The molecule has 0 bridgehead atoms. The van der Waals surface area contributed by atoms with E-state index in [4.69, 9.17) is 5.73 Å². The van der Waals surface area contributed by atoms with Crippen LogP contribution in [0.15, 0.2) is 9.95 Å². The van der Waals surface area contributed by atoms with Gasteiger partial charge in [-0.05, 0) is 26.3 Å². The number of thioether (sulfide) groups is 1. The fourth-order valence-electron chi connectivity index (χ4n) is 2.06. The number of hydrogen-bond acceptors (Lipinski definition) is 6. The molecule has 0 aliphatic rings. The number of nitrogens with two attached hydrogens (primary N) is 1. The molecule has 0 unspecified atom stereocenters. The van der Waals surface area contributed by atoms with Crippen LogP contribution >= 0.6 is 23.1 Å². The topological polar surface area (TPSA) is 107 Å². The second-order valence-electron chi connectivity index (χ2n) is 4.94. The zero-order valence-electron chi connectivity index (χ0n) is 13.1. The SMILES string of the molecule is CCn1c(SCC(=O)NCC(N)=O)nc2sc(C)c(C)c2c1=O. The third-order valence-electron chi connectivity index (χ3n) is 3.36. The molecular formula is C14H18N4O3S2. The molecule has 2 aromatic rings. The molecule has 3 N–H and O–H groups in total. The number of carbonyl (C=O) groups excluding carboxylic acids is 2. The van der Waals surface area contributed by atoms with Gasteiger partial charge in [0.1, 0.15) is 4.83 Å². The van der Waals surface area contributed by atoms with E-state index in [1.807, 2.05) is 20.8 Å².